The molecule has 10 heteroatoms. The topological polar surface area (TPSA) is 99.5 Å². The van der Waals surface area contributed by atoms with Crippen LogP contribution in [-0.2, 0) is 20.8 Å². The van der Waals surface area contributed by atoms with Crippen LogP contribution >= 0.6 is 22.9 Å². The molecule has 27 heavy (non-hydrogen) atoms. The van der Waals surface area contributed by atoms with Gasteiger partial charge in [-0.3, -0.25) is 9.48 Å². The van der Waals surface area contributed by atoms with E-state index in [1.165, 1.54) is 13.3 Å². The van der Waals surface area contributed by atoms with Crippen molar-refractivity contribution in [3.05, 3.63) is 32.9 Å². The van der Waals surface area contributed by atoms with Crippen molar-refractivity contribution in [3.63, 3.8) is 0 Å². The maximum absolute atomic E-state index is 12.3. The lowest BCUT2D eigenvalue weighted by Crippen LogP contribution is -2.17. The number of carbonyl (C=O) groups is 3. The summed E-state index contributed by atoms with van der Waals surface area (Å²) in [6.45, 7) is 5.63. The van der Waals surface area contributed by atoms with Gasteiger partial charge in [0.25, 0.3) is 0 Å². The number of thiophene rings is 1. The molecule has 2 aromatic rings. The van der Waals surface area contributed by atoms with Crippen molar-refractivity contribution in [2.75, 3.05) is 19.0 Å². The Kier molecular flexibility index (Phi) is 6.98. The fourth-order valence-electron chi connectivity index (χ4n) is 2.39. The van der Waals surface area contributed by atoms with Gasteiger partial charge in [0.2, 0.25) is 5.91 Å². The number of esters is 2. The zero-order valence-electron chi connectivity index (χ0n) is 15.4. The van der Waals surface area contributed by atoms with E-state index in [-0.39, 0.29) is 34.4 Å². The fourth-order valence-corrected chi connectivity index (χ4v) is 3.63. The highest BCUT2D eigenvalue weighted by atomic mass is 35.5. The van der Waals surface area contributed by atoms with Crippen molar-refractivity contribution in [1.29, 1.82) is 0 Å². The molecule has 2 rings (SSSR count). The zero-order valence-corrected chi connectivity index (χ0v) is 17.0. The van der Waals surface area contributed by atoms with Gasteiger partial charge >= 0.3 is 11.9 Å². The Morgan fingerprint density at radius 1 is 1.30 bits per heavy atom. The van der Waals surface area contributed by atoms with E-state index < -0.39 is 11.9 Å². The van der Waals surface area contributed by atoms with Crippen molar-refractivity contribution in [2.45, 2.75) is 33.7 Å². The molecule has 146 valence electrons. The van der Waals surface area contributed by atoms with Crippen LogP contribution in [0.15, 0.2) is 6.20 Å². The van der Waals surface area contributed by atoms with Gasteiger partial charge in [-0.05, 0) is 26.3 Å². The maximum atomic E-state index is 12.3. The zero-order chi connectivity index (χ0) is 20.1. The summed E-state index contributed by atoms with van der Waals surface area (Å²) in [5.41, 5.74) is 1.32. The highest BCUT2D eigenvalue weighted by molar-refractivity contribution is 7.18. The van der Waals surface area contributed by atoms with Gasteiger partial charge in [0.05, 0.1) is 42.7 Å². The predicted molar refractivity (Wildman–Crippen MR) is 102 cm³/mol. The number of nitrogens with one attached hydrogen (secondary N) is 1. The molecule has 1 N–H and O–H groups in total. The minimum Gasteiger partial charge on any atom is -0.465 e. The normalized spacial score (nSPS) is 10.6. The molecule has 0 bridgehead atoms. The van der Waals surface area contributed by atoms with E-state index in [0.717, 1.165) is 17.0 Å². The molecule has 0 saturated heterocycles. The van der Waals surface area contributed by atoms with Crippen LogP contribution in [0.2, 0.25) is 5.02 Å². The molecule has 0 aliphatic carbocycles. The first kappa shape index (κ1) is 20.9. The Balaban J connectivity index is 2.19. The molecule has 0 aliphatic rings. The van der Waals surface area contributed by atoms with Gasteiger partial charge < -0.3 is 14.8 Å². The van der Waals surface area contributed by atoms with Crippen molar-refractivity contribution in [3.8, 4) is 0 Å². The monoisotopic (exact) mass is 413 g/mol. The van der Waals surface area contributed by atoms with Gasteiger partial charge in [-0.25, -0.2) is 9.59 Å². The number of aryl methyl sites for hydroxylation is 1. The van der Waals surface area contributed by atoms with Gasteiger partial charge in [-0.1, -0.05) is 11.6 Å². The van der Waals surface area contributed by atoms with Crippen molar-refractivity contribution < 1.29 is 23.9 Å². The summed E-state index contributed by atoms with van der Waals surface area (Å²) in [5, 5.41) is 7.54. The number of amides is 1. The van der Waals surface area contributed by atoms with E-state index in [0.29, 0.717) is 17.1 Å². The molecule has 0 aliphatic heterocycles. The number of aromatic nitrogens is 2. The molecule has 0 aromatic carbocycles. The van der Waals surface area contributed by atoms with Crippen LogP contribution in [0.1, 0.15) is 44.6 Å². The predicted octanol–water partition coefficient (Wildman–Crippen LogP) is 3.21. The lowest BCUT2D eigenvalue weighted by atomic mass is 10.1. The second-order valence-corrected chi connectivity index (χ2v) is 7.00. The number of carbonyl (C=O) groups excluding carboxylic acids is 3. The van der Waals surface area contributed by atoms with E-state index >= 15 is 0 Å². The van der Waals surface area contributed by atoms with E-state index in [1.807, 2.05) is 0 Å². The Morgan fingerprint density at radius 2 is 2.00 bits per heavy atom. The summed E-state index contributed by atoms with van der Waals surface area (Å²) >= 11 is 6.93. The molecule has 0 saturated carbocycles. The summed E-state index contributed by atoms with van der Waals surface area (Å²) in [7, 11) is 1.24. The van der Waals surface area contributed by atoms with Crippen LogP contribution in [0.25, 0.3) is 0 Å². The third-order valence-corrected chi connectivity index (χ3v) is 5.40. The first-order valence-electron chi connectivity index (χ1n) is 8.16. The van der Waals surface area contributed by atoms with Crippen molar-refractivity contribution in [1.82, 2.24) is 9.78 Å². The Morgan fingerprint density at radius 3 is 2.56 bits per heavy atom. The third-order valence-electron chi connectivity index (χ3n) is 3.84. The summed E-state index contributed by atoms with van der Waals surface area (Å²) < 4.78 is 11.4. The number of methoxy groups -OCH3 is 1. The summed E-state index contributed by atoms with van der Waals surface area (Å²) in [4.78, 5) is 36.8. The second-order valence-electron chi connectivity index (χ2n) is 5.57. The summed E-state index contributed by atoms with van der Waals surface area (Å²) in [5.74, 6) is -1.51. The SMILES string of the molecule is CCOC(=O)c1sc(NC(=O)CCn2ncc(Cl)c2C)c(C(=O)OC)c1C. The first-order chi connectivity index (χ1) is 12.8. The van der Waals surface area contributed by atoms with Crippen LogP contribution in [0.4, 0.5) is 5.00 Å². The average Bonchev–Trinajstić information content (AvgIpc) is 3.12. The molecule has 0 unspecified atom stereocenters. The van der Waals surface area contributed by atoms with Gasteiger partial charge in [0.1, 0.15) is 9.88 Å². The molecule has 1 amide bonds. The number of ether oxygens (including phenoxy) is 2. The Hall–Kier alpha value is -2.39. The van der Waals surface area contributed by atoms with Crippen molar-refractivity contribution >= 4 is 45.8 Å². The van der Waals surface area contributed by atoms with E-state index in [1.54, 1.807) is 25.5 Å². The largest absolute Gasteiger partial charge is 0.465 e. The second kappa shape index (κ2) is 9.01. The summed E-state index contributed by atoms with van der Waals surface area (Å²) in [6, 6.07) is 0. The molecule has 0 fully saturated rings. The molecule has 0 spiro atoms. The molecule has 0 radical (unpaired) electrons. The van der Waals surface area contributed by atoms with Gasteiger partial charge in [0, 0.05) is 6.42 Å². The smallest absolute Gasteiger partial charge is 0.348 e. The highest BCUT2D eigenvalue weighted by Gasteiger charge is 2.27. The molecular formula is C17H20ClN3O5S. The van der Waals surface area contributed by atoms with Crippen LogP contribution < -0.4 is 5.32 Å². The lowest BCUT2D eigenvalue weighted by Gasteiger charge is -2.07. The van der Waals surface area contributed by atoms with Crippen LogP contribution in [0, 0.1) is 13.8 Å². The van der Waals surface area contributed by atoms with Crippen LogP contribution in [0.5, 0.6) is 0 Å². The standard InChI is InChI=1S/C17H20ClN3O5S/c1-5-26-17(24)14-9(2)13(16(23)25-4)15(27-14)20-12(22)6-7-21-10(3)11(18)8-19-21/h8H,5-7H2,1-4H3,(H,20,22). The van der Waals surface area contributed by atoms with Gasteiger partial charge in [0.15, 0.2) is 0 Å². The minimum atomic E-state index is -0.635. The van der Waals surface area contributed by atoms with Crippen LogP contribution in [0.3, 0.4) is 0 Å². The third kappa shape index (κ3) is 4.67. The molecule has 0 atom stereocenters. The number of rotatable bonds is 7. The summed E-state index contributed by atoms with van der Waals surface area (Å²) in [6.07, 6.45) is 1.63. The number of anilines is 1. The maximum Gasteiger partial charge on any atom is 0.348 e. The molecular weight excluding hydrogens is 394 g/mol. The minimum absolute atomic E-state index is 0.116. The molecule has 8 nitrogen and oxygen atoms in total. The van der Waals surface area contributed by atoms with Gasteiger partial charge in [-0.15, -0.1) is 11.3 Å². The molecule has 2 aromatic heterocycles. The van der Waals surface area contributed by atoms with Crippen molar-refractivity contribution in [2.24, 2.45) is 0 Å². The van der Waals surface area contributed by atoms with E-state index in [4.69, 9.17) is 21.1 Å². The number of nitrogens with zero attached hydrogens (tertiary/aromatic N) is 2. The molecule has 2 heterocycles. The number of hydrogen-bond donors (Lipinski definition) is 1. The fraction of sp³-hybridized carbons (Fsp3) is 0.412. The lowest BCUT2D eigenvalue weighted by molar-refractivity contribution is -0.116. The van der Waals surface area contributed by atoms with Crippen LogP contribution in [-0.4, -0.2) is 41.3 Å². The number of halogens is 1. The quantitative estimate of drug-likeness (QED) is 0.699. The Bertz CT molecular complexity index is 874. The first-order valence-corrected chi connectivity index (χ1v) is 9.36. The van der Waals surface area contributed by atoms with Gasteiger partial charge in [-0.2, -0.15) is 5.10 Å². The van der Waals surface area contributed by atoms with E-state index in [9.17, 15) is 14.4 Å². The highest BCUT2D eigenvalue weighted by Crippen LogP contribution is 2.34. The van der Waals surface area contributed by atoms with E-state index in [2.05, 4.69) is 10.4 Å². The Labute approximate surface area is 165 Å². The number of hydrogen-bond acceptors (Lipinski definition) is 7. The average molecular weight is 414 g/mol.